The third kappa shape index (κ3) is 4.69. The highest BCUT2D eigenvalue weighted by atomic mass is 19.4. The van der Waals surface area contributed by atoms with Crippen LogP contribution >= 0.6 is 0 Å². The van der Waals surface area contributed by atoms with Gasteiger partial charge < -0.3 is 14.4 Å². The average Bonchev–Trinajstić information content (AvgIpc) is 3.27. The first-order chi connectivity index (χ1) is 16.9. The zero-order valence-corrected chi connectivity index (χ0v) is 18.5. The molecule has 0 unspecified atom stereocenters. The summed E-state index contributed by atoms with van der Waals surface area (Å²) in [5, 5.41) is 4.65. The number of rotatable bonds is 5. The molecule has 4 heterocycles. The number of pyridine rings is 2. The maximum Gasteiger partial charge on any atom is 0.417 e. The Morgan fingerprint density at radius 1 is 1.09 bits per heavy atom. The fraction of sp³-hybridized carbons (Fsp3) is 0.240. The Hall–Kier alpha value is -3.92. The second-order valence-electron chi connectivity index (χ2n) is 8.04. The summed E-state index contributed by atoms with van der Waals surface area (Å²) in [6.45, 7) is 0.947. The van der Waals surface area contributed by atoms with Crippen LogP contribution in [0.15, 0.2) is 73.1 Å². The minimum absolute atomic E-state index is 0.0178. The lowest BCUT2D eigenvalue weighted by molar-refractivity contribution is -0.137. The number of fused-ring (bicyclic) bond motifs is 1. The Bertz CT molecular complexity index is 1320. The lowest BCUT2D eigenvalue weighted by Gasteiger charge is -2.35. The molecule has 1 aliphatic rings. The molecule has 1 aromatic carbocycles. The third-order valence-corrected chi connectivity index (χ3v) is 5.78. The van der Waals surface area contributed by atoms with E-state index in [0.29, 0.717) is 29.9 Å². The normalized spacial score (nSPS) is 16.4. The zero-order valence-electron chi connectivity index (χ0n) is 18.5. The van der Waals surface area contributed by atoms with Crippen LogP contribution in [0.5, 0.6) is 5.88 Å². The van der Waals surface area contributed by atoms with Crippen LogP contribution < -0.4 is 4.74 Å². The van der Waals surface area contributed by atoms with Gasteiger partial charge in [0.2, 0.25) is 5.88 Å². The fourth-order valence-corrected chi connectivity index (χ4v) is 4.03. The molecule has 0 aliphatic carbocycles. The summed E-state index contributed by atoms with van der Waals surface area (Å²) in [7, 11) is 0. The van der Waals surface area contributed by atoms with Gasteiger partial charge in [0.25, 0.3) is 5.91 Å². The highest BCUT2D eigenvalue weighted by Gasteiger charge is 2.33. The van der Waals surface area contributed by atoms with Crippen LogP contribution in [0.4, 0.5) is 13.2 Å². The van der Waals surface area contributed by atoms with Gasteiger partial charge in [-0.3, -0.25) is 4.79 Å². The van der Waals surface area contributed by atoms with Crippen LogP contribution in [0.3, 0.4) is 0 Å². The Kier molecular flexibility index (Phi) is 6.12. The molecule has 35 heavy (non-hydrogen) atoms. The van der Waals surface area contributed by atoms with Crippen molar-refractivity contribution in [3.8, 4) is 17.1 Å². The predicted octanol–water partition coefficient (Wildman–Crippen LogP) is 4.34. The van der Waals surface area contributed by atoms with Gasteiger partial charge in [-0.25, -0.2) is 9.50 Å². The minimum Gasteiger partial charge on any atom is -0.475 e. The molecule has 1 fully saturated rings. The summed E-state index contributed by atoms with van der Waals surface area (Å²) in [5.74, 6) is -0.181. The second-order valence-corrected chi connectivity index (χ2v) is 8.04. The monoisotopic (exact) mass is 482 g/mol. The zero-order chi connectivity index (χ0) is 24.4. The van der Waals surface area contributed by atoms with Crippen LogP contribution in [0, 0.1) is 0 Å². The van der Waals surface area contributed by atoms with E-state index >= 15 is 0 Å². The predicted molar refractivity (Wildman–Crippen MR) is 121 cm³/mol. The fourth-order valence-electron chi connectivity index (χ4n) is 4.03. The van der Waals surface area contributed by atoms with Crippen molar-refractivity contribution in [3.05, 3.63) is 84.2 Å². The standard InChI is InChI=1S/C25H21F3N4O3/c26-25(27,28)18-9-10-21(29-14-18)35-16-19-15-34-13-12-31(19)24(33)22-20-8-4-5-11-32(20)30-23(22)17-6-2-1-3-7-17/h1-11,14,19H,12-13,15-16H2/t19-/m0/s1. The van der Waals surface area contributed by atoms with Gasteiger partial charge in [-0.1, -0.05) is 36.4 Å². The van der Waals surface area contributed by atoms with Gasteiger partial charge in [0.15, 0.2) is 0 Å². The molecule has 5 rings (SSSR count). The first-order valence-electron chi connectivity index (χ1n) is 11.0. The lowest BCUT2D eigenvalue weighted by atomic mass is 10.0. The number of morpholine rings is 1. The topological polar surface area (TPSA) is 69.0 Å². The summed E-state index contributed by atoms with van der Waals surface area (Å²) in [5.41, 5.74) is 1.67. The van der Waals surface area contributed by atoms with Crippen LogP contribution in [0.1, 0.15) is 15.9 Å². The average molecular weight is 482 g/mol. The Morgan fingerprint density at radius 3 is 2.63 bits per heavy atom. The number of carbonyl (C=O) groups is 1. The van der Waals surface area contributed by atoms with Gasteiger partial charge in [-0.2, -0.15) is 18.3 Å². The van der Waals surface area contributed by atoms with Crippen molar-refractivity contribution in [1.82, 2.24) is 19.5 Å². The number of aromatic nitrogens is 3. The van der Waals surface area contributed by atoms with E-state index in [0.717, 1.165) is 23.9 Å². The lowest BCUT2D eigenvalue weighted by Crippen LogP contribution is -2.51. The van der Waals surface area contributed by atoms with Crippen LogP contribution in [-0.2, 0) is 10.9 Å². The molecule has 180 valence electrons. The molecule has 1 atom stereocenters. The summed E-state index contributed by atoms with van der Waals surface area (Å²) in [6.07, 6.45) is -1.97. The van der Waals surface area contributed by atoms with Gasteiger partial charge in [-0.05, 0) is 18.2 Å². The van der Waals surface area contributed by atoms with E-state index in [-0.39, 0.29) is 25.0 Å². The molecule has 0 saturated carbocycles. The number of carbonyl (C=O) groups excluding carboxylic acids is 1. The Balaban J connectivity index is 1.41. The first-order valence-corrected chi connectivity index (χ1v) is 11.0. The number of ether oxygens (including phenoxy) is 2. The molecule has 1 amide bonds. The third-order valence-electron chi connectivity index (χ3n) is 5.78. The van der Waals surface area contributed by atoms with E-state index in [2.05, 4.69) is 10.1 Å². The summed E-state index contributed by atoms with van der Waals surface area (Å²) < 4.78 is 51.3. The van der Waals surface area contributed by atoms with Crippen molar-refractivity contribution in [2.75, 3.05) is 26.4 Å². The largest absolute Gasteiger partial charge is 0.475 e. The minimum atomic E-state index is -4.48. The van der Waals surface area contributed by atoms with Crippen molar-refractivity contribution in [3.63, 3.8) is 0 Å². The van der Waals surface area contributed by atoms with Gasteiger partial charge in [-0.15, -0.1) is 0 Å². The maximum atomic E-state index is 13.9. The summed E-state index contributed by atoms with van der Waals surface area (Å²) in [4.78, 5) is 19.3. The molecule has 1 saturated heterocycles. The molecule has 1 aliphatic heterocycles. The highest BCUT2D eigenvalue weighted by molar-refractivity contribution is 6.06. The van der Waals surface area contributed by atoms with Crippen molar-refractivity contribution < 1.29 is 27.4 Å². The number of nitrogens with zero attached hydrogens (tertiary/aromatic N) is 4. The molecule has 7 nitrogen and oxygen atoms in total. The smallest absolute Gasteiger partial charge is 0.417 e. The summed E-state index contributed by atoms with van der Waals surface area (Å²) in [6, 6.07) is 16.6. The molecule has 0 radical (unpaired) electrons. The van der Waals surface area contributed by atoms with Crippen molar-refractivity contribution in [2.24, 2.45) is 0 Å². The molecule has 0 N–H and O–H groups in total. The highest BCUT2D eigenvalue weighted by Crippen LogP contribution is 2.30. The number of hydrogen-bond donors (Lipinski definition) is 0. The van der Waals surface area contributed by atoms with Crippen LogP contribution in [0.2, 0.25) is 0 Å². The first kappa shape index (κ1) is 22.9. The van der Waals surface area contributed by atoms with E-state index in [1.807, 2.05) is 48.5 Å². The van der Waals surface area contributed by atoms with Gasteiger partial charge in [0, 0.05) is 30.6 Å². The number of hydrogen-bond acceptors (Lipinski definition) is 5. The molecular weight excluding hydrogens is 461 g/mol. The SMILES string of the molecule is O=C(c1c(-c2ccccc2)nn2ccccc12)N1CCOC[C@H]1COc1ccc(C(F)(F)F)cn1. The van der Waals surface area contributed by atoms with Gasteiger partial charge in [0.1, 0.15) is 12.3 Å². The number of amides is 1. The maximum absolute atomic E-state index is 13.9. The number of benzene rings is 1. The molecule has 10 heteroatoms. The van der Waals surface area contributed by atoms with E-state index in [4.69, 9.17) is 9.47 Å². The molecule has 0 spiro atoms. The van der Waals surface area contributed by atoms with Crippen molar-refractivity contribution in [2.45, 2.75) is 12.2 Å². The van der Waals surface area contributed by atoms with E-state index in [1.54, 1.807) is 15.6 Å². The molecular formula is C25H21F3N4O3. The second kappa shape index (κ2) is 9.38. The van der Waals surface area contributed by atoms with E-state index in [1.165, 1.54) is 0 Å². The van der Waals surface area contributed by atoms with Crippen LogP contribution in [-0.4, -0.2) is 57.8 Å². The Labute approximate surface area is 198 Å². The van der Waals surface area contributed by atoms with Crippen LogP contribution in [0.25, 0.3) is 16.8 Å². The quantitative estimate of drug-likeness (QED) is 0.424. The van der Waals surface area contributed by atoms with E-state index < -0.39 is 17.8 Å². The van der Waals surface area contributed by atoms with E-state index in [9.17, 15) is 18.0 Å². The van der Waals surface area contributed by atoms with Gasteiger partial charge >= 0.3 is 6.18 Å². The number of alkyl halides is 3. The van der Waals surface area contributed by atoms with Crippen molar-refractivity contribution >= 4 is 11.4 Å². The Morgan fingerprint density at radius 2 is 1.89 bits per heavy atom. The molecule has 0 bridgehead atoms. The molecule has 3 aromatic heterocycles. The summed E-state index contributed by atoms with van der Waals surface area (Å²) >= 11 is 0. The van der Waals surface area contributed by atoms with Gasteiger partial charge in [0.05, 0.1) is 35.9 Å². The number of halogens is 3. The van der Waals surface area contributed by atoms with Crippen molar-refractivity contribution in [1.29, 1.82) is 0 Å². The molecule has 4 aromatic rings.